The molecule has 0 aliphatic carbocycles. The molecule has 92 valence electrons. The van der Waals surface area contributed by atoms with Gasteiger partial charge in [0.1, 0.15) is 6.04 Å². The van der Waals surface area contributed by atoms with E-state index in [1.54, 1.807) is 4.90 Å². The summed E-state index contributed by atoms with van der Waals surface area (Å²) in [6.07, 6.45) is 3.35. The van der Waals surface area contributed by atoms with Crippen LogP contribution in [0.3, 0.4) is 0 Å². The van der Waals surface area contributed by atoms with E-state index in [4.69, 9.17) is 4.74 Å². The Hall–Kier alpha value is -1.06. The van der Waals surface area contributed by atoms with Crippen LogP contribution in [-0.4, -0.2) is 36.5 Å². The highest BCUT2D eigenvalue weighted by molar-refractivity contribution is 5.86. The van der Waals surface area contributed by atoms with Crippen molar-refractivity contribution in [3.8, 4) is 0 Å². The van der Waals surface area contributed by atoms with E-state index in [9.17, 15) is 9.59 Å². The van der Waals surface area contributed by atoms with E-state index in [0.29, 0.717) is 25.3 Å². The van der Waals surface area contributed by atoms with E-state index in [1.165, 1.54) is 7.11 Å². The van der Waals surface area contributed by atoms with Gasteiger partial charge in [-0.15, -0.1) is 0 Å². The SMILES string of the molecule is CCC[C@@H]1CC(=O)N([C@@H](CC)C(=O)OC)C1. The minimum atomic E-state index is -0.389. The zero-order chi connectivity index (χ0) is 12.1. The second-order valence-electron chi connectivity index (χ2n) is 4.35. The van der Waals surface area contributed by atoms with Gasteiger partial charge in [-0.1, -0.05) is 20.3 Å². The molecule has 1 aliphatic rings. The third-order valence-electron chi connectivity index (χ3n) is 3.17. The molecule has 4 nitrogen and oxygen atoms in total. The summed E-state index contributed by atoms with van der Waals surface area (Å²) < 4.78 is 4.73. The smallest absolute Gasteiger partial charge is 0.328 e. The van der Waals surface area contributed by atoms with Crippen molar-refractivity contribution in [3.63, 3.8) is 0 Å². The normalized spacial score (nSPS) is 22.3. The molecular weight excluding hydrogens is 206 g/mol. The molecule has 0 aromatic carbocycles. The number of nitrogens with zero attached hydrogens (tertiary/aromatic N) is 1. The van der Waals surface area contributed by atoms with Crippen molar-refractivity contribution in [3.05, 3.63) is 0 Å². The van der Waals surface area contributed by atoms with Gasteiger partial charge in [0.25, 0.3) is 0 Å². The monoisotopic (exact) mass is 227 g/mol. The first-order chi connectivity index (χ1) is 7.63. The molecule has 0 radical (unpaired) electrons. The van der Waals surface area contributed by atoms with Crippen LogP contribution in [0.1, 0.15) is 39.5 Å². The number of methoxy groups -OCH3 is 1. The number of carbonyl (C=O) groups excluding carboxylic acids is 2. The molecule has 16 heavy (non-hydrogen) atoms. The topological polar surface area (TPSA) is 46.6 Å². The van der Waals surface area contributed by atoms with Crippen LogP contribution in [0.5, 0.6) is 0 Å². The second kappa shape index (κ2) is 5.87. The number of rotatable bonds is 5. The number of amides is 1. The van der Waals surface area contributed by atoms with Gasteiger partial charge in [0.15, 0.2) is 0 Å². The second-order valence-corrected chi connectivity index (χ2v) is 4.35. The molecule has 0 N–H and O–H groups in total. The van der Waals surface area contributed by atoms with Gasteiger partial charge in [-0.05, 0) is 18.8 Å². The zero-order valence-electron chi connectivity index (χ0n) is 10.4. The van der Waals surface area contributed by atoms with E-state index < -0.39 is 0 Å². The van der Waals surface area contributed by atoms with Crippen molar-refractivity contribution in [1.29, 1.82) is 0 Å². The van der Waals surface area contributed by atoms with Crippen molar-refractivity contribution in [2.45, 2.75) is 45.6 Å². The first kappa shape index (κ1) is 13.0. The Balaban J connectivity index is 2.65. The van der Waals surface area contributed by atoms with Crippen molar-refractivity contribution in [2.24, 2.45) is 5.92 Å². The molecule has 1 saturated heterocycles. The Bertz CT molecular complexity index is 265. The van der Waals surface area contributed by atoms with Gasteiger partial charge >= 0.3 is 5.97 Å². The van der Waals surface area contributed by atoms with E-state index >= 15 is 0 Å². The van der Waals surface area contributed by atoms with Gasteiger partial charge in [0.05, 0.1) is 7.11 Å². The molecule has 1 aliphatic heterocycles. The molecule has 0 aromatic rings. The van der Waals surface area contributed by atoms with Crippen LogP contribution >= 0.6 is 0 Å². The number of likely N-dealkylation sites (tertiary alicyclic amines) is 1. The van der Waals surface area contributed by atoms with Gasteiger partial charge in [0.2, 0.25) is 5.91 Å². The molecular formula is C12H21NO3. The minimum Gasteiger partial charge on any atom is -0.467 e. The third kappa shape index (κ3) is 2.74. The highest BCUT2D eigenvalue weighted by atomic mass is 16.5. The van der Waals surface area contributed by atoms with Crippen LogP contribution in [0.4, 0.5) is 0 Å². The highest BCUT2D eigenvalue weighted by Crippen LogP contribution is 2.25. The van der Waals surface area contributed by atoms with Crippen LogP contribution in [0, 0.1) is 5.92 Å². The van der Waals surface area contributed by atoms with Gasteiger partial charge < -0.3 is 9.64 Å². The zero-order valence-corrected chi connectivity index (χ0v) is 10.4. The standard InChI is InChI=1S/C12H21NO3/c1-4-6-9-7-11(14)13(8-9)10(5-2)12(15)16-3/h9-10H,4-8H2,1-3H3/t9-,10+/m1/s1. The maximum atomic E-state index is 11.8. The summed E-state index contributed by atoms with van der Waals surface area (Å²) in [5.41, 5.74) is 0. The Kier molecular flexibility index (Phi) is 4.77. The summed E-state index contributed by atoms with van der Waals surface area (Å²) in [7, 11) is 1.37. The Morgan fingerprint density at radius 1 is 1.56 bits per heavy atom. The Labute approximate surface area is 96.9 Å². The molecule has 1 heterocycles. The lowest BCUT2D eigenvalue weighted by molar-refractivity contribution is -0.151. The number of hydrogen-bond acceptors (Lipinski definition) is 3. The summed E-state index contributed by atoms with van der Waals surface area (Å²) in [4.78, 5) is 25.0. The predicted molar refractivity (Wildman–Crippen MR) is 60.8 cm³/mol. The maximum absolute atomic E-state index is 11.8. The molecule has 1 amide bonds. The lowest BCUT2D eigenvalue weighted by atomic mass is 10.0. The first-order valence-electron chi connectivity index (χ1n) is 6.01. The summed E-state index contributed by atoms with van der Waals surface area (Å²) in [5, 5.41) is 0. The van der Waals surface area contributed by atoms with Gasteiger partial charge in [-0.25, -0.2) is 4.79 Å². The lowest BCUT2D eigenvalue weighted by Crippen LogP contribution is -2.42. The number of carbonyl (C=O) groups is 2. The van der Waals surface area contributed by atoms with Gasteiger partial charge in [-0.3, -0.25) is 4.79 Å². The van der Waals surface area contributed by atoms with Crippen LogP contribution in [0.2, 0.25) is 0 Å². The fourth-order valence-corrected chi connectivity index (χ4v) is 2.36. The lowest BCUT2D eigenvalue weighted by Gasteiger charge is -2.24. The van der Waals surface area contributed by atoms with Crippen molar-refractivity contribution in [2.75, 3.05) is 13.7 Å². The van der Waals surface area contributed by atoms with E-state index in [1.807, 2.05) is 6.92 Å². The Morgan fingerprint density at radius 2 is 2.25 bits per heavy atom. The maximum Gasteiger partial charge on any atom is 0.328 e. The minimum absolute atomic E-state index is 0.0932. The van der Waals surface area contributed by atoms with Crippen LogP contribution < -0.4 is 0 Å². The predicted octanol–water partition coefficient (Wildman–Crippen LogP) is 1.59. The number of hydrogen-bond donors (Lipinski definition) is 0. The molecule has 4 heteroatoms. The fourth-order valence-electron chi connectivity index (χ4n) is 2.36. The van der Waals surface area contributed by atoms with Crippen LogP contribution in [-0.2, 0) is 14.3 Å². The average Bonchev–Trinajstić information content (AvgIpc) is 2.61. The van der Waals surface area contributed by atoms with E-state index in [0.717, 1.165) is 12.8 Å². The molecule has 2 atom stereocenters. The molecule has 0 bridgehead atoms. The molecule has 0 spiro atoms. The summed E-state index contributed by atoms with van der Waals surface area (Å²) in [5.74, 6) is 0.208. The number of ether oxygens (including phenoxy) is 1. The molecule has 0 aromatic heterocycles. The quantitative estimate of drug-likeness (QED) is 0.670. The van der Waals surface area contributed by atoms with Crippen LogP contribution in [0.15, 0.2) is 0 Å². The van der Waals surface area contributed by atoms with Crippen LogP contribution in [0.25, 0.3) is 0 Å². The van der Waals surface area contributed by atoms with Crippen molar-refractivity contribution in [1.82, 2.24) is 4.90 Å². The largest absolute Gasteiger partial charge is 0.467 e. The molecule has 0 unspecified atom stereocenters. The average molecular weight is 227 g/mol. The summed E-state index contributed by atoms with van der Waals surface area (Å²) in [6.45, 7) is 4.73. The van der Waals surface area contributed by atoms with E-state index in [-0.39, 0.29) is 17.9 Å². The third-order valence-corrected chi connectivity index (χ3v) is 3.17. The number of esters is 1. The van der Waals surface area contributed by atoms with Crippen molar-refractivity contribution >= 4 is 11.9 Å². The molecule has 1 fully saturated rings. The van der Waals surface area contributed by atoms with Crippen molar-refractivity contribution < 1.29 is 14.3 Å². The molecule has 0 saturated carbocycles. The van der Waals surface area contributed by atoms with Gasteiger partial charge in [0, 0.05) is 13.0 Å². The fraction of sp³-hybridized carbons (Fsp3) is 0.833. The summed E-state index contributed by atoms with van der Waals surface area (Å²) >= 11 is 0. The first-order valence-corrected chi connectivity index (χ1v) is 6.01. The van der Waals surface area contributed by atoms with E-state index in [2.05, 4.69) is 6.92 Å². The Morgan fingerprint density at radius 3 is 2.75 bits per heavy atom. The summed E-state index contributed by atoms with van der Waals surface area (Å²) in [6, 6.07) is -0.389. The highest BCUT2D eigenvalue weighted by Gasteiger charge is 2.36. The van der Waals surface area contributed by atoms with Gasteiger partial charge in [-0.2, -0.15) is 0 Å². The molecule has 1 rings (SSSR count).